The molecular weight excluding hydrogens is 345 g/mol. The van der Waals surface area contributed by atoms with Crippen molar-refractivity contribution >= 4 is 29.6 Å². The summed E-state index contributed by atoms with van der Waals surface area (Å²) in [5.74, 6) is 0.800. The highest BCUT2D eigenvalue weighted by Crippen LogP contribution is 2.48. The van der Waals surface area contributed by atoms with Crippen LogP contribution in [0, 0.1) is 0 Å². The van der Waals surface area contributed by atoms with E-state index in [1.54, 1.807) is 0 Å². The highest BCUT2D eigenvalue weighted by atomic mass is 35.5. The van der Waals surface area contributed by atoms with Crippen molar-refractivity contribution in [2.45, 2.75) is 19.1 Å². The number of ether oxygens (including phenoxy) is 2. The van der Waals surface area contributed by atoms with Crippen molar-refractivity contribution in [1.29, 1.82) is 0 Å². The summed E-state index contributed by atoms with van der Waals surface area (Å²) < 4.78 is 12.4. The first-order valence-electron chi connectivity index (χ1n) is 7.83. The summed E-state index contributed by atoms with van der Waals surface area (Å²) in [5, 5.41) is 4.04. The van der Waals surface area contributed by atoms with Gasteiger partial charge in [0.2, 0.25) is 0 Å². The van der Waals surface area contributed by atoms with Gasteiger partial charge in [0.15, 0.2) is 11.5 Å². The van der Waals surface area contributed by atoms with Gasteiger partial charge in [-0.15, -0.1) is 12.4 Å². The molecule has 0 saturated heterocycles. The Morgan fingerprint density at radius 3 is 2.58 bits per heavy atom. The zero-order valence-corrected chi connectivity index (χ0v) is 14.9. The van der Waals surface area contributed by atoms with Crippen molar-refractivity contribution in [3.8, 4) is 11.5 Å². The lowest BCUT2D eigenvalue weighted by atomic mass is 9.99. The van der Waals surface area contributed by atoms with Crippen molar-refractivity contribution in [1.82, 2.24) is 5.32 Å². The van der Waals surface area contributed by atoms with Crippen LogP contribution in [0.25, 0.3) is 5.57 Å². The monoisotopic (exact) mass is 363 g/mol. The van der Waals surface area contributed by atoms with Crippen LogP contribution >= 0.6 is 24.0 Å². The summed E-state index contributed by atoms with van der Waals surface area (Å²) >= 11 is 5.98. The number of para-hydroxylation sites is 1. The average Bonchev–Trinajstić information content (AvgIpc) is 2.93. The Bertz CT molecular complexity index is 773. The lowest BCUT2D eigenvalue weighted by Gasteiger charge is -2.24. The predicted octanol–water partition coefficient (Wildman–Crippen LogP) is 4.78. The fraction of sp³-hybridized carbons (Fsp3) is 0.263. The number of hydrogen-bond donors (Lipinski definition) is 1. The maximum absolute atomic E-state index is 6.28. The molecule has 0 bridgehead atoms. The minimum atomic E-state index is -0.823. The Balaban J connectivity index is 0.00000169. The molecule has 0 amide bonds. The summed E-state index contributed by atoms with van der Waals surface area (Å²) in [6.45, 7) is 3.83. The molecule has 2 aromatic rings. The SMILES string of the molecule is CC1(c2ccc(Cl)cc2)Oc2cccc(C3=CCNCC3)c2O1.Cl. The molecule has 24 heavy (non-hydrogen) atoms. The van der Waals surface area contributed by atoms with Gasteiger partial charge in [-0.1, -0.05) is 29.8 Å². The summed E-state index contributed by atoms with van der Waals surface area (Å²) in [7, 11) is 0. The Kier molecular flexibility index (Phi) is 4.77. The number of rotatable bonds is 2. The number of benzene rings is 2. The van der Waals surface area contributed by atoms with E-state index in [1.165, 1.54) is 5.57 Å². The Labute approximate surface area is 153 Å². The standard InChI is InChI=1S/C19H18ClNO2.ClH/c1-19(14-5-7-15(20)8-6-14)22-17-4-2-3-16(18(17)23-19)13-9-11-21-12-10-13;/h2-9,21H,10-12H2,1H3;1H. The molecule has 5 heteroatoms. The maximum Gasteiger partial charge on any atom is 0.275 e. The highest BCUT2D eigenvalue weighted by molar-refractivity contribution is 6.30. The molecule has 2 aliphatic rings. The van der Waals surface area contributed by atoms with Crippen LogP contribution in [0.3, 0.4) is 0 Å². The van der Waals surface area contributed by atoms with E-state index in [1.807, 2.05) is 43.3 Å². The van der Waals surface area contributed by atoms with Gasteiger partial charge in [-0.2, -0.15) is 0 Å². The van der Waals surface area contributed by atoms with Gasteiger partial charge in [0.1, 0.15) is 0 Å². The largest absolute Gasteiger partial charge is 0.445 e. The van der Waals surface area contributed by atoms with Crippen molar-refractivity contribution < 1.29 is 9.47 Å². The van der Waals surface area contributed by atoms with Crippen LogP contribution in [0.2, 0.25) is 5.02 Å². The average molecular weight is 364 g/mol. The van der Waals surface area contributed by atoms with Crippen molar-refractivity contribution in [2.75, 3.05) is 13.1 Å². The van der Waals surface area contributed by atoms with Crippen LogP contribution in [0.5, 0.6) is 11.5 Å². The Morgan fingerprint density at radius 2 is 1.88 bits per heavy atom. The van der Waals surface area contributed by atoms with Crippen LogP contribution < -0.4 is 14.8 Å². The van der Waals surface area contributed by atoms with Crippen LogP contribution in [0.15, 0.2) is 48.5 Å². The number of halogens is 2. The van der Waals surface area contributed by atoms with Gasteiger partial charge < -0.3 is 14.8 Å². The molecule has 0 spiro atoms. The maximum atomic E-state index is 6.28. The quantitative estimate of drug-likeness (QED) is 0.832. The van der Waals surface area contributed by atoms with Gasteiger partial charge >= 0.3 is 0 Å². The lowest BCUT2D eigenvalue weighted by Crippen LogP contribution is -2.31. The van der Waals surface area contributed by atoms with Crippen LogP contribution in [0.1, 0.15) is 24.5 Å². The molecule has 2 aliphatic heterocycles. The molecule has 0 radical (unpaired) electrons. The van der Waals surface area contributed by atoms with Crippen LogP contribution in [0.4, 0.5) is 0 Å². The van der Waals surface area contributed by atoms with Gasteiger partial charge in [0, 0.05) is 29.6 Å². The van der Waals surface area contributed by atoms with Crippen molar-refractivity contribution in [3.05, 3.63) is 64.7 Å². The zero-order valence-electron chi connectivity index (χ0n) is 13.3. The van der Waals surface area contributed by atoms with Gasteiger partial charge in [-0.3, -0.25) is 0 Å². The molecule has 2 aromatic carbocycles. The summed E-state index contributed by atoms with van der Waals surface area (Å²) in [5.41, 5.74) is 3.38. The van der Waals surface area contributed by atoms with Crippen molar-refractivity contribution in [3.63, 3.8) is 0 Å². The topological polar surface area (TPSA) is 30.5 Å². The van der Waals surface area contributed by atoms with Gasteiger partial charge in [0.05, 0.1) is 0 Å². The Morgan fingerprint density at radius 1 is 1.08 bits per heavy atom. The predicted molar refractivity (Wildman–Crippen MR) is 99.2 cm³/mol. The number of nitrogens with one attached hydrogen (secondary N) is 1. The summed E-state index contributed by atoms with van der Waals surface area (Å²) in [6, 6.07) is 13.7. The molecule has 0 aliphatic carbocycles. The van der Waals surface area contributed by atoms with E-state index in [9.17, 15) is 0 Å². The first-order chi connectivity index (χ1) is 11.2. The smallest absolute Gasteiger partial charge is 0.275 e. The van der Waals surface area contributed by atoms with E-state index in [0.29, 0.717) is 5.02 Å². The molecular formula is C19H19Cl2NO2. The van der Waals surface area contributed by atoms with E-state index in [2.05, 4.69) is 17.5 Å². The van der Waals surface area contributed by atoms with Crippen LogP contribution in [-0.4, -0.2) is 13.1 Å². The van der Waals surface area contributed by atoms with Gasteiger partial charge in [-0.05, 0) is 48.9 Å². The summed E-state index contributed by atoms with van der Waals surface area (Å²) in [4.78, 5) is 0. The summed E-state index contributed by atoms with van der Waals surface area (Å²) in [6.07, 6.45) is 3.22. The van der Waals surface area contributed by atoms with E-state index in [0.717, 1.165) is 42.1 Å². The van der Waals surface area contributed by atoms with Gasteiger partial charge in [-0.25, -0.2) is 0 Å². The fourth-order valence-corrected chi connectivity index (χ4v) is 3.24. The van der Waals surface area contributed by atoms with E-state index < -0.39 is 5.79 Å². The second-order valence-corrected chi connectivity index (χ2v) is 6.41. The molecule has 4 rings (SSSR count). The van der Waals surface area contributed by atoms with E-state index >= 15 is 0 Å². The second kappa shape index (κ2) is 6.67. The molecule has 0 aromatic heterocycles. The molecule has 2 heterocycles. The molecule has 1 N–H and O–H groups in total. The molecule has 126 valence electrons. The first kappa shape index (κ1) is 17.2. The minimum Gasteiger partial charge on any atom is -0.445 e. The Hall–Kier alpha value is -1.68. The zero-order chi connectivity index (χ0) is 15.9. The molecule has 3 nitrogen and oxygen atoms in total. The number of hydrogen-bond acceptors (Lipinski definition) is 3. The third kappa shape index (κ3) is 3.00. The lowest BCUT2D eigenvalue weighted by molar-refractivity contribution is -0.0681. The highest BCUT2D eigenvalue weighted by Gasteiger charge is 2.40. The van der Waals surface area contributed by atoms with E-state index in [-0.39, 0.29) is 12.4 Å². The molecule has 1 atom stereocenters. The third-order valence-corrected chi connectivity index (χ3v) is 4.61. The number of fused-ring (bicyclic) bond motifs is 1. The van der Waals surface area contributed by atoms with Gasteiger partial charge in [0.25, 0.3) is 5.79 Å². The van der Waals surface area contributed by atoms with Crippen molar-refractivity contribution in [2.24, 2.45) is 0 Å². The second-order valence-electron chi connectivity index (χ2n) is 5.97. The fourth-order valence-electron chi connectivity index (χ4n) is 3.12. The normalized spacial score (nSPS) is 21.8. The molecule has 0 fully saturated rings. The molecule has 1 unspecified atom stereocenters. The molecule has 0 saturated carbocycles. The minimum absolute atomic E-state index is 0. The third-order valence-electron chi connectivity index (χ3n) is 4.36. The van der Waals surface area contributed by atoms with Crippen LogP contribution in [-0.2, 0) is 5.79 Å². The van der Waals surface area contributed by atoms with E-state index in [4.69, 9.17) is 21.1 Å². The first-order valence-corrected chi connectivity index (χ1v) is 8.21.